The molecule has 1 aromatic rings. The molecule has 5 nitrogen and oxygen atoms in total. The van der Waals surface area contributed by atoms with Crippen molar-refractivity contribution in [2.24, 2.45) is 5.92 Å². The predicted molar refractivity (Wildman–Crippen MR) is 79.5 cm³/mol. The van der Waals surface area contributed by atoms with Crippen molar-refractivity contribution in [3.63, 3.8) is 0 Å². The Labute approximate surface area is 126 Å². The lowest BCUT2D eigenvalue weighted by Gasteiger charge is -2.26. The quantitative estimate of drug-likeness (QED) is 0.756. The van der Waals surface area contributed by atoms with Crippen LogP contribution < -0.4 is 0 Å². The van der Waals surface area contributed by atoms with E-state index >= 15 is 0 Å². The van der Waals surface area contributed by atoms with Gasteiger partial charge in [-0.3, -0.25) is 0 Å². The first-order chi connectivity index (χ1) is 9.86. The van der Waals surface area contributed by atoms with E-state index in [9.17, 15) is 13.2 Å². The van der Waals surface area contributed by atoms with Gasteiger partial charge in [0.2, 0.25) is 10.0 Å². The first-order valence-corrected chi connectivity index (χ1v) is 8.50. The third-order valence-corrected chi connectivity index (χ3v) is 5.61. The Kier molecular flexibility index (Phi) is 4.68. The lowest BCUT2D eigenvalue weighted by molar-refractivity contribution is 0.0600. The second-order valence-electron chi connectivity index (χ2n) is 5.63. The molecule has 0 atom stereocenters. The van der Waals surface area contributed by atoms with E-state index in [1.54, 1.807) is 12.1 Å². The van der Waals surface area contributed by atoms with Crippen LogP contribution in [0.3, 0.4) is 0 Å². The van der Waals surface area contributed by atoms with E-state index in [0.29, 0.717) is 12.5 Å². The topological polar surface area (TPSA) is 63.7 Å². The number of benzene rings is 1. The maximum Gasteiger partial charge on any atom is 0.337 e. The Morgan fingerprint density at radius 1 is 1.38 bits per heavy atom. The number of methoxy groups -OCH3 is 1. The van der Waals surface area contributed by atoms with Gasteiger partial charge in [-0.25, -0.2) is 13.2 Å². The van der Waals surface area contributed by atoms with Gasteiger partial charge in [0, 0.05) is 12.6 Å². The minimum Gasteiger partial charge on any atom is -0.465 e. The smallest absolute Gasteiger partial charge is 0.337 e. The van der Waals surface area contributed by atoms with Gasteiger partial charge in [0.05, 0.1) is 17.6 Å². The van der Waals surface area contributed by atoms with Crippen molar-refractivity contribution < 1.29 is 17.9 Å². The SMILES string of the molecule is COC(=O)c1cccc(S(=O)(=O)N(CC2CC2)C(C)C)c1. The van der Waals surface area contributed by atoms with Crippen LogP contribution in [0, 0.1) is 5.92 Å². The number of hydrogen-bond acceptors (Lipinski definition) is 4. The summed E-state index contributed by atoms with van der Waals surface area (Å²) >= 11 is 0. The highest BCUT2D eigenvalue weighted by molar-refractivity contribution is 7.89. The summed E-state index contributed by atoms with van der Waals surface area (Å²) in [6, 6.07) is 5.89. The summed E-state index contributed by atoms with van der Waals surface area (Å²) in [7, 11) is -2.32. The molecule has 1 saturated carbocycles. The molecule has 0 radical (unpaired) electrons. The highest BCUT2D eigenvalue weighted by Gasteiger charge is 2.33. The molecule has 1 aromatic carbocycles. The molecule has 6 heteroatoms. The fourth-order valence-electron chi connectivity index (χ4n) is 2.18. The summed E-state index contributed by atoms with van der Waals surface area (Å²) in [5.74, 6) is -0.0729. The molecule has 1 aliphatic carbocycles. The molecule has 116 valence electrons. The van der Waals surface area contributed by atoms with Crippen LogP contribution in [0.2, 0.25) is 0 Å². The molecule has 0 bridgehead atoms. The van der Waals surface area contributed by atoms with Gasteiger partial charge in [-0.1, -0.05) is 6.07 Å². The van der Waals surface area contributed by atoms with Gasteiger partial charge < -0.3 is 4.74 Å². The van der Waals surface area contributed by atoms with Crippen molar-refractivity contribution >= 4 is 16.0 Å². The van der Waals surface area contributed by atoms with Crippen LogP contribution in [0.4, 0.5) is 0 Å². The van der Waals surface area contributed by atoms with Crippen LogP contribution in [-0.2, 0) is 14.8 Å². The fourth-order valence-corrected chi connectivity index (χ4v) is 3.94. The number of rotatable bonds is 6. The molecule has 0 unspecified atom stereocenters. The molecule has 21 heavy (non-hydrogen) atoms. The lowest BCUT2D eigenvalue weighted by atomic mass is 10.2. The third kappa shape index (κ3) is 3.63. The van der Waals surface area contributed by atoms with E-state index in [1.807, 2.05) is 13.8 Å². The van der Waals surface area contributed by atoms with Crippen LogP contribution >= 0.6 is 0 Å². The molecule has 0 saturated heterocycles. The maximum atomic E-state index is 12.8. The molecular formula is C15H21NO4S. The first kappa shape index (κ1) is 16.0. The van der Waals surface area contributed by atoms with E-state index in [-0.39, 0.29) is 16.5 Å². The summed E-state index contributed by atoms with van der Waals surface area (Å²) in [6.45, 7) is 4.27. The summed E-state index contributed by atoms with van der Waals surface area (Å²) in [5.41, 5.74) is 0.244. The minimum absolute atomic E-state index is 0.114. The largest absolute Gasteiger partial charge is 0.465 e. The van der Waals surface area contributed by atoms with Crippen molar-refractivity contribution in [2.75, 3.05) is 13.7 Å². The van der Waals surface area contributed by atoms with Crippen molar-refractivity contribution in [3.05, 3.63) is 29.8 Å². The van der Waals surface area contributed by atoms with E-state index in [0.717, 1.165) is 12.8 Å². The summed E-state index contributed by atoms with van der Waals surface area (Å²) in [5, 5.41) is 0. The molecule has 0 amide bonds. The van der Waals surface area contributed by atoms with E-state index in [2.05, 4.69) is 4.74 Å². The van der Waals surface area contributed by atoms with Gasteiger partial charge in [-0.05, 0) is 50.8 Å². The predicted octanol–water partition coefficient (Wildman–Crippen LogP) is 2.28. The number of nitrogens with zero attached hydrogens (tertiary/aromatic N) is 1. The Morgan fingerprint density at radius 3 is 2.57 bits per heavy atom. The highest BCUT2D eigenvalue weighted by Crippen LogP contribution is 2.32. The molecule has 0 N–H and O–H groups in total. The first-order valence-electron chi connectivity index (χ1n) is 7.06. The second kappa shape index (κ2) is 6.15. The normalized spacial score (nSPS) is 15.5. The molecule has 0 spiro atoms. The van der Waals surface area contributed by atoms with E-state index in [1.165, 1.54) is 23.5 Å². The standard InChI is InChI=1S/C15H21NO4S/c1-11(2)16(10-12-7-8-12)21(18,19)14-6-4-5-13(9-14)15(17)20-3/h4-6,9,11-12H,7-8,10H2,1-3H3. The second-order valence-corrected chi connectivity index (χ2v) is 7.52. The monoisotopic (exact) mass is 311 g/mol. The zero-order chi connectivity index (χ0) is 15.6. The van der Waals surface area contributed by atoms with Crippen LogP contribution in [-0.4, -0.2) is 38.4 Å². The van der Waals surface area contributed by atoms with Crippen LogP contribution in [0.5, 0.6) is 0 Å². The average Bonchev–Trinajstić information content (AvgIpc) is 3.27. The highest BCUT2D eigenvalue weighted by atomic mass is 32.2. The van der Waals surface area contributed by atoms with Crippen molar-refractivity contribution in [1.29, 1.82) is 0 Å². The lowest BCUT2D eigenvalue weighted by Crippen LogP contribution is -2.38. The van der Waals surface area contributed by atoms with Gasteiger partial charge in [0.15, 0.2) is 0 Å². The molecule has 0 aliphatic heterocycles. The zero-order valence-electron chi connectivity index (χ0n) is 12.6. The summed E-state index contributed by atoms with van der Waals surface area (Å²) in [6.07, 6.45) is 2.17. The molecular weight excluding hydrogens is 290 g/mol. The number of hydrogen-bond donors (Lipinski definition) is 0. The summed E-state index contributed by atoms with van der Waals surface area (Å²) in [4.78, 5) is 11.7. The number of carbonyl (C=O) groups excluding carboxylic acids is 1. The molecule has 1 aliphatic rings. The van der Waals surface area contributed by atoms with Crippen molar-refractivity contribution in [1.82, 2.24) is 4.31 Å². The molecule has 1 fully saturated rings. The maximum absolute atomic E-state index is 12.8. The van der Waals surface area contributed by atoms with Crippen molar-refractivity contribution in [3.8, 4) is 0 Å². The summed E-state index contributed by atoms with van der Waals surface area (Å²) < 4.78 is 31.7. The van der Waals surface area contributed by atoms with Crippen LogP contribution in [0.1, 0.15) is 37.0 Å². The minimum atomic E-state index is -3.59. The Balaban J connectivity index is 2.34. The number of carbonyl (C=O) groups is 1. The van der Waals surface area contributed by atoms with Gasteiger partial charge in [0.1, 0.15) is 0 Å². The number of esters is 1. The van der Waals surface area contributed by atoms with E-state index in [4.69, 9.17) is 0 Å². The molecule has 0 aromatic heterocycles. The van der Waals surface area contributed by atoms with Gasteiger partial charge in [-0.15, -0.1) is 0 Å². The van der Waals surface area contributed by atoms with Gasteiger partial charge in [0.25, 0.3) is 0 Å². The number of sulfonamides is 1. The Hall–Kier alpha value is -1.40. The van der Waals surface area contributed by atoms with Gasteiger partial charge >= 0.3 is 5.97 Å². The zero-order valence-corrected chi connectivity index (χ0v) is 13.4. The fraction of sp³-hybridized carbons (Fsp3) is 0.533. The van der Waals surface area contributed by atoms with Gasteiger partial charge in [-0.2, -0.15) is 4.31 Å². The molecule has 2 rings (SSSR count). The third-order valence-electron chi connectivity index (χ3n) is 3.57. The Bertz CT molecular complexity index is 620. The van der Waals surface area contributed by atoms with Crippen LogP contribution in [0.15, 0.2) is 29.2 Å². The Morgan fingerprint density at radius 2 is 2.05 bits per heavy atom. The van der Waals surface area contributed by atoms with Crippen LogP contribution in [0.25, 0.3) is 0 Å². The number of ether oxygens (including phenoxy) is 1. The van der Waals surface area contributed by atoms with Crippen molar-refractivity contribution in [2.45, 2.75) is 37.6 Å². The van der Waals surface area contributed by atoms with E-state index < -0.39 is 16.0 Å². The molecule has 0 heterocycles. The average molecular weight is 311 g/mol.